The number of halogens is 1. The average molecular weight is 300 g/mol. The lowest BCUT2D eigenvalue weighted by Gasteiger charge is -2.27. The zero-order valence-electron chi connectivity index (χ0n) is 12.5. The van der Waals surface area contributed by atoms with Gasteiger partial charge < -0.3 is 5.32 Å². The van der Waals surface area contributed by atoms with Crippen molar-refractivity contribution in [3.05, 3.63) is 70.2 Å². The predicted molar refractivity (Wildman–Crippen MR) is 89.8 cm³/mol. The van der Waals surface area contributed by atoms with Crippen LogP contribution in [0.25, 0.3) is 0 Å². The third-order valence-corrected chi connectivity index (χ3v) is 5.00. The van der Waals surface area contributed by atoms with Gasteiger partial charge in [-0.2, -0.15) is 0 Å². The Morgan fingerprint density at radius 3 is 2.67 bits per heavy atom. The molecule has 0 saturated heterocycles. The van der Waals surface area contributed by atoms with Crippen LogP contribution in [-0.4, -0.2) is 7.05 Å². The number of nitrogens with one attached hydrogen (secondary N) is 1. The molecule has 2 heteroatoms. The van der Waals surface area contributed by atoms with Crippen LogP contribution in [-0.2, 0) is 12.8 Å². The van der Waals surface area contributed by atoms with E-state index >= 15 is 0 Å². The Hall–Kier alpha value is -1.31. The van der Waals surface area contributed by atoms with Gasteiger partial charge in [0.1, 0.15) is 0 Å². The summed E-state index contributed by atoms with van der Waals surface area (Å²) >= 11 is 6.35. The van der Waals surface area contributed by atoms with E-state index in [1.165, 1.54) is 36.0 Å². The summed E-state index contributed by atoms with van der Waals surface area (Å²) in [5.41, 5.74) is 4.23. The van der Waals surface area contributed by atoms with Gasteiger partial charge in [0.2, 0.25) is 0 Å². The van der Waals surface area contributed by atoms with Crippen LogP contribution in [0.5, 0.6) is 0 Å². The third-order valence-electron chi connectivity index (χ3n) is 4.63. The summed E-state index contributed by atoms with van der Waals surface area (Å²) in [6, 6.07) is 17.5. The molecule has 1 nitrogen and oxygen atoms in total. The molecule has 2 aromatic rings. The maximum absolute atomic E-state index is 6.35. The lowest BCUT2D eigenvalue weighted by Crippen LogP contribution is -2.26. The minimum atomic E-state index is 0.417. The van der Waals surface area contributed by atoms with Gasteiger partial charge in [0.25, 0.3) is 0 Å². The van der Waals surface area contributed by atoms with E-state index in [1.807, 2.05) is 12.1 Å². The van der Waals surface area contributed by atoms with Crippen LogP contribution >= 0.6 is 11.6 Å². The summed E-state index contributed by atoms with van der Waals surface area (Å²) in [5.74, 6) is 0.596. The second kappa shape index (κ2) is 6.64. The molecule has 2 aromatic carbocycles. The Balaban J connectivity index is 1.90. The van der Waals surface area contributed by atoms with Crippen LogP contribution in [0.15, 0.2) is 48.5 Å². The largest absolute Gasteiger partial charge is 0.313 e. The summed E-state index contributed by atoms with van der Waals surface area (Å²) < 4.78 is 0. The fourth-order valence-corrected chi connectivity index (χ4v) is 3.81. The van der Waals surface area contributed by atoms with Gasteiger partial charge in [-0.3, -0.25) is 0 Å². The highest BCUT2D eigenvalue weighted by Gasteiger charge is 2.26. The lowest BCUT2D eigenvalue weighted by atomic mass is 9.86. The minimum Gasteiger partial charge on any atom is -0.313 e. The number of rotatable bonds is 3. The van der Waals surface area contributed by atoms with Crippen molar-refractivity contribution >= 4 is 11.6 Å². The Morgan fingerprint density at radius 2 is 1.86 bits per heavy atom. The van der Waals surface area contributed by atoms with Crippen LogP contribution in [0.4, 0.5) is 0 Å². The monoisotopic (exact) mass is 299 g/mol. The molecule has 0 aliphatic heterocycles. The Bertz CT molecular complexity index is 608. The Morgan fingerprint density at radius 1 is 1.10 bits per heavy atom. The molecule has 3 rings (SSSR count). The van der Waals surface area contributed by atoms with Gasteiger partial charge in [0.15, 0.2) is 0 Å². The van der Waals surface area contributed by atoms with Crippen molar-refractivity contribution in [1.29, 1.82) is 0 Å². The van der Waals surface area contributed by atoms with Crippen molar-refractivity contribution in [3.63, 3.8) is 0 Å². The molecule has 0 bridgehead atoms. The standard InChI is InChI=1S/C19H22ClN/c1-21-19-16(13-15-8-3-5-12-18(15)20)10-6-9-14-7-2-4-11-17(14)19/h2-5,7-8,11-12,16,19,21H,6,9-10,13H2,1H3. The predicted octanol–water partition coefficient (Wildman–Crippen LogP) is 4.80. The summed E-state index contributed by atoms with van der Waals surface area (Å²) in [6.45, 7) is 0. The molecule has 1 aliphatic rings. The van der Waals surface area contributed by atoms with Crippen LogP contribution in [0.1, 0.15) is 35.6 Å². The summed E-state index contributed by atoms with van der Waals surface area (Å²) in [7, 11) is 2.08. The van der Waals surface area contributed by atoms with Gasteiger partial charge in [-0.1, -0.05) is 54.1 Å². The first-order chi connectivity index (χ1) is 10.3. The van der Waals surface area contributed by atoms with Gasteiger partial charge in [-0.25, -0.2) is 0 Å². The Labute approximate surface area is 132 Å². The van der Waals surface area contributed by atoms with Crippen LogP contribution in [0.2, 0.25) is 5.02 Å². The first-order valence-electron chi connectivity index (χ1n) is 7.78. The maximum Gasteiger partial charge on any atom is 0.0438 e. The molecule has 0 amide bonds. The van der Waals surface area contributed by atoms with E-state index in [2.05, 4.69) is 48.8 Å². The maximum atomic E-state index is 6.35. The molecule has 0 spiro atoms. The van der Waals surface area contributed by atoms with Gasteiger partial charge >= 0.3 is 0 Å². The molecule has 1 aliphatic carbocycles. The number of benzene rings is 2. The molecule has 0 heterocycles. The normalized spacial score (nSPS) is 21.6. The van der Waals surface area contributed by atoms with E-state index in [0.29, 0.717) is 12.0 Å². The van der Waals surface area contributed by atoms with Crippen molar-refractivity contribution in [2.24, 2.45) is 5.92 Å². The smallest absolute Gasteiger partial charge is 0.0438 e. The quantitative estimate of drug-likeness (QED) is 0.803. The first kappa shape index (κ1) is 14.6. The lowest BCUT2D eigenvalue weighted by molar-refractivity contribution is 0.359. The van der Waals surface area contributed by atoms with Gasteiger partial charge in [-0.15, -0.1) is 0 Å². The molecule has 0 fully saturated rings. The highest BCUT2D eigenvalue weighted by Crippen LogP contribution is 2.36. The fourth-order valence-electron chi connectivity index (χ4n) is 3.60. The second-order valence-electron chi connectivity index (χ2n) is 5.91. The van der Waals surface area contributed by atoms with Gasteiger partial charge in [-0.05, 0) is 61.4 Å². The van der Waals surface area contributed by atoms with Crippen molar-refractivity contribution in [1.82, 2.24) is 5.32 Å². The number of hydrogen-bond donors (Lipinski definition) is 1. The highest BCUT2D eigenvalue weighted by molar-refractivity contribution is 6.31. The zero-order valence-corrected chi connectivity index (χ0v) is 13.2. The number of hydrogen-bond acceptors (Lipinski definition) is 1. The average Bonchev–Trinajstić information content (AvgIpc) is 2.68. The number of aryl methyl sites for hydroxylation is 1. The van der Waals surface area contributed by atoms with Crippen LogP contribution < -0.4 is 5.32 Å². The van der Waals surface area contributed by atoms with Crippen LogP contribution in [0.3, 0.4) is 0 Å². The molecule has 0 aromatic heterocycles. The molecule has 0 radical (unpaired) electrons. The molecular formula is C19H22ClN. The van der Waals surface area contributed by atoms with E-state index in [0.717, 1.165) is 11.4 Å². The minimum absolute atomic E-state index is 0.417. The molecule has 110 valence electrons. The molecule has 0 saturated carbocycles. The van der Waals surface area contributed by atoms with Crippen molar-refractivity contribution in [3.8, 4) is 0 Å². The van der Waals surface area contributed by atoms with E-state index in [-0.39, 0.29) is 0 Å². The van der Waals surface area contributed by atoms with E-state index in [1.54, 1.807) is 0 Å². The zero-order chi connectivity index (χ0) is 14.7. The van der Waals surface area contributed by atoms with Crippen molar-refractivity contribution in [2.45, 2.75) is 31.7 Å². The van der Waals surface area contributed by atoms with E-state index in [9.17, 15) is 0 Å². The third kappa shape index (κ3) is 3.14. The Kier molecular flexibility index (Phi) is 4.62. The second-order valence-corrected chi connectivity index (χ2v) is 6.32. The molecule has 2 unspecified atom stereocenters. The molecular weight excluding hydrogens is 278 g/mol. The fraction of sp³-hybridized carbons (Fsp3) is 0.368. The summed E-state index contributed by atoms with van der Waals surface area (Å²) in [6.07, 6.45) is 4.72. The first-order valence-corrected chi connectivity index (χ1v) is 8.16. The van der Waals surface area contributed by atoms with E-state index < -0.39 is 0 Å². The topological polar surface area (TPSA) is 12.0 Å². The molecule has 1 N–H and O–H groups in total. The summed E-state index contributed by atoms with van der Waals surface area (Å²) in [4.78, 5) is 0. The highest BCUT2D eigenvalue weighted by atomic mass is 35.5. The van der Waals surface area contributed by atoms with Crippen LogP contribution in [0, 0.1) is 5.92 Å². The number of fused-ring (bicyclic) bond motifs is 1. The molecule has 21 heavy (non-hydrogen) atoms. The summed E-state index contributed by atoms with van der Waals surface area (Å²) in [5, 5.41) is 4.44. The SMILES string of the molecule is CNC1c2ccccc2CCCC1Cc1ccccc1Cl. The van der Waals surface area contributed by atoms with E-state index in [4.69, 9.17) is 11.6 Å². The van der Waals surface area contributed by atoms with Gasteiger partial charge in [0.05, 0.1) is 0 Å². The molecule has 2 atom stereocenters. The van der Waals surface area contributed by atoms with Gasteiger partial charge in [0, 0.05) is 11.1 Å². The van der Waals surface area contributed by atoms with Crippen molar-refractivity contribution < 1.29 is 0 Å². The van der Waals surface area contributed by atoms with Crippen molar-refractivity contribution in [2.75, 3.05) is 7.05 Å².